The first-order valence-electron chi connectivity index (χ1n) is 6.05. The van der Waals surface area contributed by atoms with Crippen LogP contribution in [0.5, 0.6) is 0 Å². The fraction of sp³-hybridized carbons (Fsp3) is 0.750. The van der Waals surface area contributed by atoms with Crippen molar-refractivity contribution in [3.63, 3.8) is 0 Å². The monoisotopic (exact) mass is 240 g/mol. The molecule has 0 bridgehead atoms. The topological polar surface area (TPSA) is 34.2 Å². The van der Waals surface area contributed by atoms with Crippen LogP contribution in [0.3, 0.4) is 0 Å². The van der Waals surface area contributed by atoms with Crippen molar-refractivity contribution in [3.8, 4) is 0 Å². The van der Waals surface area contributed by atoms with Gasteiger partial charge in [-0.1, -0.05) is 6.92 Å². The lowest BCUT2D eigenvalue weighted by Crippen LogP contribution is -2.38. The van der Waals surface area contributed by atoms with Crippen molar-refractivity contribution in [2.45, 2.75) is 51.8 Å². The molecule has 0 saturated carbocycles. The van der Waals surface area contributed by atoms with Crippen LogP contribution in [-0.4, -0.2) is 23.7 Å². The van der Waals surface area contributed by atoms with Crippen LogP contribution in [0.15, 0.2) is 5.38 Å². The number of nitrogens with zero attached hydrogens (tertiary/aromatic N) is 1. The molecule has 2 unspecified atom stereocenters. The Labute approximate surface area is 101 Å². The molecule has 90 valence electrons. The molecule has 0 aromatic carbocycles. The third-order valence-electron chi connectivity index (χ3n) is 3.07. The highest BCUT2D eigenvalue weighted by molar-refractivity contribution is 7.09. The quantitative estimate of drug-likeness (QED) is 0.858. The van der Waals surface area contributed by atoms with Gasteiger partial charge in [-0.05, 0) is 26.2 Å². The fourth-order valence-electron chi connectivity index (χ4n) is 2.18. The van der Waals surface area contributed by atoms with Gasteiger partial charge >= 0.3 is 0 Å². The van der Waals surface area contributed by atoms with Gasteiger partial charge in [-0.25, -0.2) is 4.98 Å². The maximum absolute atomic E-state index is 5.72. The smallest absolute Gasteiger partial charge is 0.0897 e. The molecule has 1 fully saturated rings. The number of hydrogen-bond donors (Lipinski definition) is 1. The zero-order chi connectivity index (χ0) is 11.4. The molecule has 2 heterocycles. The lowest BCUT2D eigenvalue weighted by atomic mass is 10.1. The summed E-state index contributed by atoms with van der Waals surface area (Å²) < 4.78 is 5.72. The maximum Gasteiger partial charge on any atom is 0.0897 e. The van der Waals surface area contributed by atoms with Crippen LogP contribution < -0.4 is 5.32 Å². The van der Waals surface area contributed by atoms with E-state index < -0.39 is 0 Å². The van der Waals surface area contributed by atoms with E-state index in [9.17, 15) is 0 Å². The van der Waals surface area contributed by atoms with E-state index in [1.54, 1.807) is 11.3 Å². The zero-order valence-electron chi connectivity index (χ0n) is 10.0. The lowest BCUT2D eigenvalue weighted by Gasteiger charge is -2.22. The summed E-state index contributed by atoms with van der Waals surface area (Å²) in [4.78, 5) is 4.46. The number of rotatable bonds is 5. The summed E-state index contributed by atoms with van der Waals surface area (Å²) in [5.41, 5.74) is 1.15. The molecular weight excluding hydrogens is 220 g/mol. The summed E-state index contributed by atoms with van der Waals surface area (Å²) in [6, 6.07) is 0.476. The summed E-state index contributed by atoms with van der Waals surface area (Å²) >= 11 is 1.71. The van der Waals surface area contributed by atoms with Gasteiger partial charge in [0.05, 0.1) is 16.8 Å². The van der Waals surface area contributed by atoms with Crippen LogP contribution in [-0.2, 0) is 11.3 Å². The highest BCUT2D eigenvalue weighted by atomic mass is 32.1. The van der Waals surface area contributed by atoms with E-state index in [2.05, 4.69) is 22.6 Å². The second-order valence-electron chi connectivity index (χ2n) is 4.30. The molecule has 1 aromatic rings. The largest absolute Gasteiger partial charge is 0.377 e. The summed E-state index contributed by atoms with van der Waals surface area (Å²) in [5.74, 6) is 0. The van der Waals surface area contributed by atoms with Gasteiger partial charge < -0.3 is 10.1 Å². The van der Waals surface area contributed by atoms with Crippen LogP contribution in [0.4, 0.5) is 0 Å². The standard InChI is InChI=1S/C12H20N2OS/c1-3-11(12-5-4-6-15-12)13-7-10-8-16-9(2)14-10/h8,11-13H,3-7H2,1-2H3. The molecule has 1 N–H and O–H groups in total. The SMILES string of the molecule is CCC(NCc1csc(C)n1)C1CCCO1. The van der Waals surface area contributed by atoms with E-state index in [1.165, 1.54) is 12.8 Å². The van der Waals surface area contributed by atoms with Gasteiger partial charge in [0.1, 0.15) is 0 Å². The van der Waals surface area contributed by atoms with Crippen LogP contribution in [0.25, 0.3) is 0 Å². The number of hydrogen-bond acceptors (Lipinski definition) is 4. The van der Waals surface area contributed by atoms with Crippen molar-refractivity contribution in [2.24, 2.45) is 0 Å². The van der Waals surface area contributed by atoms with Crippen molar-refractivity contribution < 1.29 is 4.74 Å². The second-order valence-corrected chi connectivity index (χ2v) is 5.37. The number of aryl methyl sites for hydroxylation is 1. The summed E-state index contributed by atoms with van der Waals surface area (Å²) in [6.07, 6.45) is 3.93. The number of thiazole rings is 1. The van der Waals surface area contributed by atoms with Gasteiger partial charge in [0.2, 0.25) is 0 Å². The Bertz CT molecular complexity index is 321. The highest BCUT2D eigenvalue weighted by Crippen LogP contribution is 2.18. The minimum atomic E-state index is 0.407. The van der Waals surface area contributed by atoms with E-state index in [-0.39, 0.29) is 0 Å². The molecule has 1 saturated heterocycles. The first-order valence-corrected chi connectivity index (χ1v) is 6.93. The molecule has 1 aliphatic heterocycles. The van der Waals surface area contributed by atoms with Crippen LogP contribution in [0.2, 0.25) is 0 Å². The Morgan fingerprint density at radius 1 is 1.69 bits per heavy atom. The molecule has 0 radical (unpaired) electrons. The van der Waals surface area contributed by atoms with Crippen molar-refractivity contribution in [1.82, 2.24) is 10.3 Å². The number of aromatic nitrogens is 1. The molecule has 3 nitrogen and oxygen atoms in total. The minimum absolute atomic E-state index is 0.407. The van der Waals surface area contributed by atoms with Crippen LogP contribution in [0.1, 0.15) is 36.9 Å². The van der Waals surface area contributed by atoms with E-state index >= 15 is 0 Å². The Hall–Kier alpha value is -0.450. The van der Waals surface area contributed by atoms with Crippen molar-refractivity contribution in [2.75, 3.05) is 6.61 Å². The molecule has 4 heteroatoms. The van der Waals surface area contributed by atoms with Gasteiger partial charge in [0, 0.05) is 24.6 Å². The average Bonchev–Trinajstić information content (AvgIpc) is 2.91. The Kier molecular flexibility index (Phi) is 4.32. The van der Waals surface area contributed by atoms with E-state index in [0.717, 1.165) is 30.3 Å². The summed E-state index contributed by atoms with van der Waals surface area (Å²) in [7, 11) is 0. The first kappa shape index (κ1) is 12.0. The Balaban J connectivity index is 1.82. The van der Waals surface area contributed by atoms with Gasteiger partial charge in [-0.15, -0.1) is 11.3 Å². The van der Waals surface area contributed by atoms with E-state index in [4.69, 9.17) is 4.74 Å². The lowest BCUT2D eigenvalue weighted by molar-refractivity contribution is 0.0764. The van der Waals surface area contributed by atoms with Gasteiger partial charge in [-0.2, -0.15) is 0 Å². The predicted octanol–water partition coefficient (Wildman–Crippen LogP) is 2.50. The molecule has 0 spiro atoms. The summed E-state index contributed by atoms with van der Waals surface area (Å²) in [5, 5.41) is 6.83. The molecule has 1 aromatic heterocycles. The summed E-state index contributed by atoms with van der Waals surface area (Å²) in [6.45, 7) is 6.05. The maximum atomic E-state index is 5.72. The normalized spacial score (nSPS) is 22.5. The molecule has 2 rings (SSSR count). The molecule has 0 aliphatic carbocycles. The van der Waals surface area contributed by atoms with E-state index in [1.807, 2.05) is 6.92 Å². The first-order chi connectivity index (χ1) is 7.79. The molecule has 0 amide bonds. The highest BCUT2D eigenvalue weighted by Gasteiger charge is 2.24. The third-order valence-corrected chi connectivity index (χ3v) is 3.89. The molecule has 16 heavy (non-hydrogen) atoms. The van der Waals surface area contributed by atoms with Crippen molar-refractivity contribution >= 4 is 11.3 Å². The van der Waals surface area contributed by atoms with Crippen LogP contribution in [0, 0.1) is 6.92 Å². The minimum Gasteiger partial charge on any atom is -0.377 e. The van der Waals surface area contributed by atoms with E-state index in [0.29, 0.717) is 12.1 Å². The Morgan fingerprint density at radius 3 is 3.12 bits per heavy atom. The van der Waals surface area contributed by atoms with Gasteiger partial charge in [0.15, 0.2) is 0 Å². The molecular formula is C12H20N2OS. The van der Waals surface area contributed by atoms with Gasteiger partial charge in [0.25, 0.3) is 0 Å². The van der Waals surface area contributed by atoms with Crippen LogP contribution >= 0.6 is 11.3 Å². The third kappa shape index (κ3) is 3.03. The van der Waals surface area contributed by atoms with Gasteiger partial charge in [-0.3, -0.25) is 0 Å². The molecule has 1 aliphatic rings. The molecule has 2 atom stereocenters. The zero-order valence-corrected chi connectivity index (χ0v) is 10.8. The fourth-order valence-corrected chi connectivity index (χ4v) is 2.80. The predicted molar refractivity (Wildman–Crippen MR) is 66.7 cm³/mol. The van der Waals surface area contributed by atoms with Crippen molar-refractivity contribution in [1.29, 1.82) is 0 Å². The average molecular weight is 240 g/mol. The second kappa shape index (κ2) is 5.75. The Morgan fingerprint density at radius 2 is 2.56 bits per heavy atom. The van der Waals surface area contributed by atoms with Crippen molar-refractivity contribution in [3.05, 3.63) is 16.1 Å². The number of nitrogens with one attached hydrogen (secondary N) is 1. The number of ether oxygens (including phenoxy) is 1.